The second kappa shape index (κ2) is 5.00. The van der Waals surface area contributed by atoms with Gasteiger partial charge in [0.25, 0.3) is 0 Å². The van der Waals surface area contributed by atoms with E-state index < -0.39 is 0 Å². The van der Waals surface area contributed by atoms with E-state index in [9.17, 15) is 0 Å². The Morgan fingerprint density at radius 3 is 2.10 bits per heavy atom. The van der Waals surface area contributed by atoms with Crippen molar-refractivity contribution in [2.24, 2.45) is 0 Å². The normalized spacial score (nSPS) is 8.60. The first kappa shape index (κ1) is 10.3. The fraction of sp³-hybridized carbons (Fsp3) is 0.250. The summed E-state index contributed by atoms with van der Waals surface area (Å²) in [5.74, 6) is 0. The fourth-order valence-corrected chi connectivity index (χ4v) is 1.05. The van der Waals surface area contributed by atoms with Crippen molar-refractivity contribution in [2.75, 3.05) is 0 Å². The number of alkyl halides is 1. The van der Waals surface area contributed by atoms with Gasteiger partial charge in [0.2, 0.25) is 0 Å². The zero-order chi connectivity index (χ0) is 6.69. The van der Waals surface area contributed by atoms with Gasteiger partial charge in [0.15, 0.2) is 0 Å². The van der Waals surface area contributed by atoms with Crippen LogP contribution in [0.25, 0.3) is 0 Å². The minimum absolute atomic E-state index is 0. The summed E-state index contributed by atoms with van der Waals surface area (Å²) in [6, 6.07) is 8.50. The summed E-state index contributed by atoms with van der Waals surface area (Å²) in [4.78, 5) is 0. The van der Waals surface area contributed by atoms with E-state index in [1.807, 2.05) is 0 Å². The molecule has 53 valence electrons. The van der Waals surface area contributed by atoms with Crippen LogP contribution in [0.5, 0.6) is 0 Å². The van der Waals surface area contributed by atoms with Gasteiger partial charge < -0.3 is 0 Å². The molecule has 0 fully saturated rings. The van der Waals surface area contributed by atoms with Gasteiger partial charge in [-0.15, -0.1) is 0 Å². The third kappa shape index (κ3) is 2.91. The van der Waals surface area contributed by atoms with Crippen LogP contribution in [0.3, 0.4) is 0 Å². The van der Waals surface area contributed by atoms with E-state index >= 15 is 0 Å². The Balaban J connectivity index is 0.000000810. The number of rotatable bonds is 1. The van der Waals surface area contributed by atoms with Gasteiger partial charge in [-0.1, -0.05) is 45.8 Å². The van der Waals surface area contributed by atoms with E-state index in [1.54, 1.807) is 0 Å². The van der Waals surface area contributed by atoms with Crippen LogP contribution >= 0.6 is 15.9 Å². The Labute approximate surface area is 82.0 Å². The first-order valence-electron chi connectivity index (χ1n) is 2.94. The van der Waals surface area contributed by atoms with Crippen molar-refractivity contribution in [3.05, 3.63) is 35.4 Å². The zero-order valence-electron chi connectivity index (χ0n) is 5.84. The molecule has 0 saturated carbocycles. The molecular formula is C8H9BrV. The average molecular weight is 236 g/mol. The molecule has 2 heteroatoms. The Morgan fingerprint density at radius 2 is 1.70 bits per heavy atom. The van der Waals surface area contributed by atoms with Gasteiger partial charge in [-0.25, -0.2) is 0 Å². The number of halogens is 1. The van der Waals surface area contributed by atoms with Crippen LogP contribution < -0.4 is 0 Å². The van der Waals surface area contributed by atoms with Gasteiger partial charge in [0, 0.05) is 23.9 Å². The van der Waals surface area contributed by atoms with E-state index in [-0.39, 0.29) is 18.6 Å². The Bertz CT molecular complexity index is 181. The number of hydrogen-bond donors (Lipinski definition) is 0. The Hall–Kier alpha value is 0.284. The first-order valence-corrected chi connectivity index (χ1v) is 4.06. The second-order valence-electron chi connectivity index (χ2n) is 2.12. The monoisotopic (exact) mass is 235 g/mol. The van der Waals surface area contributed by atoms with Crippen molar-refractivity contribution >= 4 is 15.9 Å². The van der Waals surface area contributed by atoms with E-state index in [2.05, 4.69) is 47.1 Å². The van der Waals surface area contributed by atoms with Gasteiger partial charge in [0.1, 0.15) is 0 Å². The molecular weight excluding hydrogens is 227 g/mol. The van der Waals surface area contributed by atoms with Crippen molar-refractivity contribution < 1.29 is 18.6 Å². The van der Waals surface area contributed by atoms with E-state index in [1.165, 1.54) is 11.1 Å². The molecule has 0 heterocycles. The molecule has 1 aromatic carbocycles. The molecule has 1 radical (unpaired) electrons. The minimum Gasteiger partial charge on any atom is -0.0876 e. The maximum Gasteiger partial charge on any atom is 0.0283 e. The van der Waals surface area contributed by atoms with E-state index in [0.717, 1.165) is 5.33 Å². The largest absolute Gasteiger partial charge is 0.0876 e. The SMILES string of the molecule is Cc1ccc(CBr)cc1.[V]. The molecule has 0 aliphatic heterocycles. The summed E-state index contributed by atoms with van der Waals surface area (Å²) < 4.78 is 0. The maximum atomic E-state index is 3.38. The van der Waals surface area contributed by atoms with Gasteiger partial charge in [-0.3, -0.25) is 0 Å². The van der Waals surface area contributed by atoms with Gasteiger partial charge in [-0.05, 0) is 12.5 Å². The van der Waals surface area contributed by atoms with Crippen LogP contribution in [0.1, 0.15) is 11.1 Å². The number of hydrogen-bond acceptors (Lipinski definition) is 0. The van der Waals surface area contributed by atoms with Crippen molar-refractivity contribution in [3.8, 4) is 0 Å². The Morgan fingerprint density at radius 1 is 1.20 bits per heavy atom. The summed E-state index contributed by atoms with van der Waals surface area (Å²) in [6.45, 7) is 2.10. The van der Waals surface area contributed by atoms with Gasteiger partial charge >= 0.3 is 0 Å². The second-order valence-corrected chi connectivity index (χ2v) is 2.68. The molecule has 10 heavy (non-hydrogen) atoms. The van der Waals surface area contributed by atoms with Crippen LogP contribution in [0.4, 0.5) is 0 Å². The van der Waals surface area contributed by atoms with Crippen molar-refractivity contribution in [2.45, 2.75) is 12.3 Å². The van der Waals surface area contributed by atoms with Crippen molar-refractivity contribution in [1.29, 1.82) is 0 Å². The molecule has 0 nitrogen and oxygen atoms in total. The summed E-state index contributed by atoms with van der Waals surface area (Å²) in [7, 11) is 0. The summed E-state index contributed by atoms with van der Waals surface area (Å²) in [5, 5.41) is 0.952. The summed E-state index contributed by atoms with van der Waals surface area (Å²) in [6.07, 6.45) is 0. The van der Waals surface area contributed by atoms with Crippen LogP contribution in [0, 0.1) is 6.92 Å². The molecule has 0 N–H and O–H groups in total. The van der Waals surface area contributed by atoms with Crippen LogP contribution in [0.2, 0.25) is 0 Å². The van der Waals surface area contributed by atoms with E-state index in [4.69, 9.17) is 0 Å². The molecule has 0 aliphatic carbocycles. The van der Waals surface area contributed by atoms with Crippen molar-refractivity contribution in [1.82, 2.24) is 0 Å². The minimum atomic E-state index is 0. The molecule has 0 unspecified atom stereocenters. The number of aryl methyl sites for hydroxylation is 1. The zero-order valence-corrected chi connectivity index (χ0v) is 8.82. The smallest absolute Gasteiger partial charge is 0.0283 e. The standard InChI is InChI=1S/C8H9Br.V/c1-7-2-4-8(6-9)5-3-7;/h2-5H,6H2,1H3;. The van der Waals surface area contributed by atoms with Crippen LogP contribution in [-0.2, 0) is 23.9 Å². The predicted octanol–water partition coefficient (Wildman–Crippen LogP) is 2.89. The predicted molar refractivity (Wildman–Crippen MR) is 43.8 cm³/mol. The van der Waals surface area contributed by atoms with Crippen LogP contribution in [-0.4, -0.2) is 0 Å². The quantitative estimate of drug-likeness (QED) is 0.657. The molecule has 1 rings (SSSR count). The first-order chi connectivity index (χ1) is 4.33. The third-order valence-corrected chi connectivity index (χ3v) is 1.92. The van der Waals surface area contributed by atoms with Crippen molar-refractivity contribution in [3.63, 3.8) is 0 Å². The van der Waals surface area contributed by atoms with Gasteiger partial charge in [0.05, 0.1) is 0 Å². The van der Waals surface area contributed by atoms with Crippen LogP contribution in [0.15, 0.2) is 24.3 Å². The molecule has 0 saturated heterocycles. The topological polar surface area (TPSA) is 0 Å². The molecule has 0 bridgehead atoms. The Kier molecular flexibility index (Phi) is 5.15. The average Bonchev–Trinajstić information content (AvgIpc) is 1.90. The maximum absolute atomic E-state index is 3.38. The summed E-state index contributed by atoms with van der Waals surface area (Å²) >= 11 is 3.38. The molecule has 0 aromatic heterocycles. The molecule has 0 spiro atoms. The molecule has 0 atom stereocenters. The third-order valence-electron chi connectivity index (χ3n) is 1.27. The number of benzene rings is 1. The van der Waals surface area contributed by atoms with E-state index in [0.29, 0.717) is 0 Å². The molecule has 0 amide bonds. The molecule has 0 aliphatic rings. The fourth-order valence-electron chi connectivity index (χ4n) is 0.677. The summed E-state index contributed by atoms with van der Waals surface area (Å²) in [5.41, 5.74) is 2.65. The van der Waals surface area contributed by atoms with Gasteiger partial charge in [-0.2, -0.15) is 0 Å². The molecule has 1 aromatic rings.